The third-order valence-electron chi connectivity index (χ3n) is 7.69. The molecule has 0 aliphatic heterocycles. The molecule has 4 aromatic carbocycles. The molecule has 0 bridgehead atoms. The Morgan fingerprint density at radius 3 is 1.41 bits per heavy atom. The predicted octanol–water partition coefficient (Wildman–Crippen LogP) is 3.73. The number of nitrogens with two attached hydrogens (primary N) is 4. The van der Waals surface area contributed by atoms with E-state index in [9.17, 15) is 34.8 Å². The zero-order valence-electron chi connectivity index (χ0n) is 30.4. The first-order valence-corrected chi connectivity index (χ1v) is 22.2. The molecule has 4 aromatic rings. The van der Waals surface area contributed by atoms with Crippen LogP contribution in [0, 0.1) is 13.8 Å². The SMILES string of the molecule is CCc1cc(S(=O)(=O)c2ccc(C)cc2)c(S(C)(=O)=O)cc1C(=O)N=C(N)N.CCc1cc(Sc2ccc(C)cc2)c(S(C)(=O)=O)cc1C(=O)N=C(N)N. The van der Waals surface area contributed by atoms with Gasteiger partial charge in [0, 0.05) is 33.4 Å². The zero-order chi connectivity index (χ0) is 40.8. The first kappa shape index (κ1) is 43.4. The van der Waals surface area contributed by atoms with Gasteiger partial charge in [0.15, 0.2) is 31.6 Å². The molecule has 2 amide bonds. The Bertz CT molecular complexity index is 2470. The molecule has 0 saturated heterocycles. The highest BCUT2D eigenvalue weighted by atomic mass is 32.2. The van der Waals surface area contributed by atoms with Gasteiger partial charge < -0.3 is 22.9 Å². The summed E-state index contributed by atoms with van der Waals surface area (Å²) in [5.41, 5.74) is 24.1. The van der Waals surface area contributed by atoms with Gasteiger partial charge in [-0.05, 0) is 86.3 Å². The fraction of sp³-hybridized carbons (Fsp3) is 0.222. The minimum Gasteiger partial charge on any atom is -0.370 e. The molecule has 0 spiro atoms. The molecule has 0 heterocycles. The molecule has 0 unspecified atom stereocenters. The van der Waals surface area contributed by atoms with Crippen molar-refractivity contribution in [3.63, 3.8) is 0 Å². The number of guanidine groups is 2. The molecule has 54 heavy (non-hydrogen) atoms. The summed E-state index contributed by atoms with van der Waals surface area (Å²) in [7, 11) is -11.7. The molecule has 0 radical (unpaired) electrons. The second-order valence-corrected chi connectivity index (χ2v) is 19.1. The van der Waals surface area contributed by atoms with Crippen LogP contribution in [0.3, 0.4) is 0 Å². The summed E-state index contributed by atoms with van der Waals surface area (Å²) in [4.78, 5) is 32.1. The summed E-state index contributed by atoms with van der Waals surface area (Å²) in [6, 6.07) is 19.1. The Balaban J connectivity index is 0.000000291. The molecule has 18 heteroatoms. The summed E-state index contributed by atoms with van der Waals surface area (Å²) in [5, 5.41) is 0. The maximum absolute atomic E-state index is 13.1. The smallest absolute Gasteiger partial charge is 0.280 e. The number of amides is 2. The standard InChI is InChI=1S/C18H21N3O5S2.C18H21N3O3S2/c1-4-12-9-16(28(25,26)13-7-5-11(2)6-8-13)15(27(3,23)24)10-14(12)17(22)21-18(19)20;1-4-12-9-15(25-13-7-5-11(2)6-8-13)16(26(3,23)24)10-14(12)17(22)21-18(19)20/h5-10H,4H2,1-3H3,(H4,19,20,21,22);5-10H,4H2,1-3H3,(H4,19,20,21,22). The lowest BCUT2D eigenvalue weighted by molar-refractivity contribution is 0.0993. The average molecular weight is 815 g/mol. The number of carbonyl (C=O) groups is 2. The van der Waals surface area contributed by atoms with Crippen molar-refractivity contribution in [3.8, 4) is 0 Å². The Hall–Kier alpha value is -5.04. The van der Waals surface area contributed by atoms with Crippen LogP contribution < -0.4 is 22.9 Å². The molecular formula is C36H42N6O8S4. The van der Waals surface area contributed by atoms with Gasteiger partial charge in [-0.25, -0.2) is 25.3 Å². The lowest BCUT2D eigenvalue weighted by Gasteiger charge is -2.14. The van der Waals surface area contributed by atoms with E-state index in [1.165, 1.54) is 36.0 Å². The van der Waals surface area contributed by atoms with Gasteiger partial charge >= 0.3 is 0 Å². The van der Waals surface area contributed by atoms with Gasteiger partial charge in [0.05, 0.1) is 19.6 Å². The van der Waals surface area contributed by atoms with Gasteiger partial charge in [0.2, 0.25) is 9.84 Å². The van der Waals surface area contributed by atoms with Crippen molar-refractivity contribution < 1.29 is 34.8 Å². The second kappa shape index (κ2) is 17.4. The van der Waals surface area contributed by atoms with Gasteiger partial charge in [0.1, 0.15) is 0 Å². The van der Waals surface area contributed by atoms with Gasteiger partial charge in [-0.1, -0.05) is 61.0 Å². The van der Waals surface area contributed by atoms with Crippen LogP contribution >= 0.6 is 11.8 Å². The van der Waals surface area contributed by atoms with Crippen LogP contribution in [-0.4, -0.2) is 61.5 Å². The van der Waals surface area contributed by atoms with E-state index in [2.05, 4.69) is 9.98 Å². The highest BCUT2D eigenvalue weighted by Crippen LogP contribution is 2.36. The van der Waals surface area contributed by atoms with Gasteiger partial charge in [0.25, 0.3) is 11.8 Å². The third kappa shape index (κ3) is 11.0. The predicted molar refractivity (Wildman–Crippen MR) is 210 cm³/mol. The summed E-state index contributed by atoms with van der Waals surface area (Å²) < 4.78 is 75.5. The molecule has 0 fully saturated rings. The minimum atomic E-state index is -4.14. The van der Waals surface area contributed by atoms with Crippen LogP contribution in [0.2, 0.25) is 0 Å². The normalized spacial score (nSPS) is 11.5. The number of aliphatic imine (C=N–C) groups is 2. The summed E-state index contributed by atoms with van der Waals surface area (Å²) in [6.45, 7) is 7.36. The first-order valence-electron chi connectivity index (χ1n) is 16.1. The minimum absolute atomic E-state index is 0.0478. The van der Waals surface area contributed by atoms with Gasteiger partial charge in [-0.3, -0.25) is 9.59 Å². The van der Waals surface area contributed by atoms with Crippen molar-refractivity contribution in [2.45, 2.75) is 69.9 Å². The average Bonchev–Trinajstić information content (AvgIpc) is 3.07. The number of carbonyl (C=O) groups excluding carboxylic acids is 2. The van der Waals surface area contributed by atoms with Crippen molar-refractivity contribution in [2.24, 2.45) is 32.9 Å². The van der Waals surface area contributed by atoms with E-state index in [0.717, 1.165) is 34.6 Å². The number of nitrogens with zero attached hydrogens (tertiary/aromatic N) is 2. The van der Waals surface area contributed by atoms with Gasteiger partial charge in [-0.2, -0.15) is 9.98 Å². The Morgan fingerprint density at radius 2 is 1.00 bits per heavy atom. The van der Waals surface area contributed by atoms with Crippen LogP contribution in [0.4, 0.5) is 0 Å². The Labute approximate surface area is 319 Å². The van der Waals surface area contributed by atoms with E-state index in [0.29, 0.717) is 22.4 Å². The molecule has 288 valence electrons. The van der Waals surface area contributed by atoms with E-state index in [1.54, 1.807) is 32.0 Å². The number of rotatable bonds is 10. The number of sulfone groups is 3. The first-order chi connectivity index (χ1) is 25.0. The largest absolute Gasteiger partial charge is 0.370 e. The van der Waals surface area contributed by atoms with Crippen LogP contribution in [0.25, 0.3) is 0 Å². The number of benzene rings is 4. The Kier molecular flexibility index (Phi) is 14.0. The Morgan fingerprint density at radius 1 is 0.593 bits per heavy atom. The van der Waals surface area contributed by atoms with Gasteiger partial charge in [-0.15, -0.1) is 0 Å². The lowest BCUT2D eigenvalue weighted by atomic mass is 10.0. The van der Waals surface area contributed by atoms with Crippen LogP contribution in [-0.2, 0) is 42.4 Å². The fourth-order valence-corrected chi connectivity index (χ4v) is 10.1. The van der Waals surface area contributed by atoms with E-state index >= 15 is 0 Å². The number of hydrogen-bond donors (Lipinski definition) is 4. The fourth-order valence-electron chi connectivity index (χ4n) is 4.99. The molecule has 0 aliphatic carbocycles. The van der Waals surface area contributed by atoms with E-state index < -0.39 is 57.1 Å². The van der Waals surface area contributed by atoms with E-state index in [1.807, 2.05) is 38.1 Å². The zero-order valence-corrected chi connectivity index (χ0v) is 33.7. The van der Waals surface area contributed by atoms with Crippen molar-refractivity contribution in [2.75, 3.05) is 12.5 Å². The molecule has 0 aliphatic rings. The second-order valence-electron chi connectivity index (χ2n) is 12.1. The summed E-state index contributed by atoms with van der Waals surface area (Å²) >= 11 is 1.34. The topological polar surface area (TPSA) is 265 Å². The lowest BCUT2D eigenvalue weighted by Crippen LogP contribution is -2.24. The molecule has 14 nitrogen and oxygen atoms in total. The molecular weight excluding hydrogens is 773 g/mol. The number of hydrogen-bond acceptors (Lipinski definition) is 9. The van der Waals surface area contributed by atoms with E-state index in [-0.39, 0.29) is 33.3 Å². The summed E-state index contributed by atoms with van der Waals surface area (Å²) in [6.07, 6.45) is 2.78. The number of aryl methyl sites for hydroxylation is 4. The van der Waals surface area contributed by atoms with Crippen LogP contribution in [0.1, 0.15) is 56.8 Å². The van der Waals surface area contributed by atoms with Crippen molar-refractivity contribution >= 4 is 65.0 Å². The molecule has 0 saturated carbocycles. The molecule has 0 aromatic heterocycles. The monoisotopic (exact) mass is 814 g/mol. The molecule has 8 N–H and O–H groups in total. The highest BCUT2D eigenvalue weighted by Gasteiger charge is 2.29. The maximum atomic E-state index is 13.1. The van der Waals surface area contributed by atoms with Crippen molar-refractivity contribution in [3.05, 3.63) is 106 Å². The highest BCUT2D eigenvalue weighted by molar-refractivity contribution is 8.00. The van der Waals surface area contributed by atoms with Crippen molar-refractivity contribution in [1.29, 1.82) is 0 Å². The van der Waals surface area contributed by atoms with E-state index in [4.69, 9.17) is 22.9 Å². The summed E-state index contributed by atoms with van der Waals surface area (Å²) in [5.74, 6) is -2.35. The molecule has 4 rings (SSSR count). The van der Waals surface area contributed by atoms with Crippen LogP contribution in [0.5, 0.6) is 0 Å². The quantitative estimate of drug-likeness (QED) is 0.132. The van der Waals surface area contributed by atoms with Crippen LogP contribution in [0.15, 0.2) is 112 Å². The van der Waals surface area contributed by atoms with Crippen molar-refractivity contribution in [1.82, 2.24) is 0 Å². The maximum Gasteiger partial charge on any atom is 0.280 e. The third-order valence-corrected chi connectivity index (χ3v) is 13.1. The molecule has 0 atom stereocenters.